The number of pyridine rings is 2. The van der Waals surface area contributed by atoms with Crippen molar-refractivity contribution >= 4 is 0 Å². The Morgan fingerprint density at radius 2 is 1.87 bits per heavy atom. The van der Waals surface area contributed by atoms with Crippen molar-refractivity contribution in [2.75, 3.05) is 13.7 Å². The van der Waals surface area contributed by atoms with Gasteiger partial charge in [0.15, 0.2) is 11.9 Å². The van der Waals surface area contributed by atoms with E-state index in [1.165, 1.54) is 0 Å². The zero-order valence-corrected chi connectivity index (χ0v) is 17.1. The first-order valence-corrected chi connectivity index (χ1v) is 9.74. The first kappa shape index (κ1) is 18.9. The Morgan fingerprint density at radius 1 is 1.00 bits per heavy atom. The average molecular weight is 416 g/mol. The SMILES string of the molecule is COc1ccc([C@@H]2COc3cc(Oc4ccnc(-c5cnn(C)c5)c4)cnc3O2)cc1. The minimum atomic E-state index is -0.236. The van der Waals surface area contributed by atoms with E-state index in [1.54, 1.807) is 42.5 Å². The summed E-state index contributed by atoms with van der Waals surface area (Å²) in [5.41, 5.74) is 2.68. The lowest BCUT2D eigenvalue weighted by atomic mass is 10.1. The number of ether oxygens (including phenoxy) is 4. The molecule has 8 nitrogen and oxygen atoms in total. The monoisotopic (exact) mass is 416 g/mol. The van der Waals surface area contributed by atoms with Gasteiger partial charge in [-0.1, -0.05) is 12.1 Å². The number of benzene rings is 1. The van der Waals surface area contributed by atoms with Gasteiger partial charge in [0, 0.05) is 37.1 Å². The molecule has 0 bridgehead atoms. The molecule has 4 aromatic rings. The Kier molecular flexibility index (Phi) is 4.87. The summed E-state index contributed by atoms with van der Waals surface area (Å²) in [6.45, 7) is 0.380. The quantitative estimate of drug-likeness (QED) is 0.482. The summed E-state index contributed by atoms with van der Waals surface area (Å²) in [7, 11) is 3.50. The summed E-state index contributed by atoms with van der Waals surface area (Å²) < 4.78 is 24.8. The van der Waals surface area contributed by atoms with E-state index in [9.17, 15) is 0 Å². The molecule has 0 unspecified atom stereocenters. The topological polar surface area (TPSA) is 80.5 Å². The molecule has 0 fully saturated rings. The maximum absolute atomic E-state index is 6.02. The fourth-order valence-electron chi connectivity index (χ4n) is 3.30. The highest BCUT2D eigenvalue weighted by atomic mass is 16.6. The number of hydrogen-bond donors (Lipinski definition) is 0. The summed E-state index contributed by atoms with van der Waals surface area (Å²) in [6, 6.07) is 13.1. The molecule has 0 spiro atoms. The van der Waals surface area contributed by atoms with Gasteiger partial charge in [-0.25, -0.2) is 4.98 Å². The van der Waals surface area contributed by atoms with Gasteiger partial charge in [-0.3, -0.25) is 9.67 Å². The second-order valence-electron chi connectivity index (χ2n) is 7.05. The third-order valence-corrected chi connectivity index (χ3v) is 4.89. The van der Waals surface area contributed by atoms with Gasteiger partial charge in [-0.2, -0.15) is 5.10 Å². The largest absolute Gasteiger partial charge is 0.497 e. The van der Waals surface area contributed by atoms with Crippen LogP contribution < -0.4 is 18.9 Å². The number of methoxy groups -OCH3 is 1. The van der Waals surface area contributed by atoms with Gasteiger partial charge in [-0.15, -0.1) is 0 Å². The van der Waals surface area contributed by atoms with Gasteiger partial charge < -0.3 is 18.9 Å². The van der Waals surface area contributed by atoms with Gasteiger partial charge >= 0.3 is 0 Å². The summed E-state index contributed by atoms with van der Waals surface area (Å²) >= 11 is 0. The van der Waals surface area contributed by atoms with Crippen molar-refractivity contribution in [2.24, 2.45) is 7.05 Å². The van der Waals surface area contributed by atoms with E-state index in [0.29, 0.717) is 29.7 Å². The molecule has 1 atom stereocenters. The number of fused-ring (bicyclic) bond motifs is 1. The first-order chi connectivity index (χ1) is 15.2. The van der Waals surface area contributed by atoms with Crippen LogP contribution in [0.3, 0.4) is 0 Å². The van der Waals surface area contributed by atoms with Crippen LogP contribution in [0, 0.1) is 0 Å². The predicted molar refractivity (Wildman–Crippen MR) is 113 cm³/mol. The Morgan fingerprint density at radius 3 is 2.65 bits per heavy atom. The number of rotatable bonds is 5. The van der Waals surface area contributed by atoms with E-state index >= 15 is 0 Å². The van der Waals surface area contributed by atoms with Crippen LogP contribution >= 0.6 is 0 Å². The van der Waals surface area contributed by atoms with Gasteiger partial charge in [0.1, 0.15) is 23.9 Å². The molecular weight excluding hydrogens is 396 g/mol. The van der Waals surface area contributed by atoms with Gasteiger partial charge in [0.2, 0.25) is 0 Å². The number of aromatic nitrogens is 4. The fourth-order valence-corrected chi connectivity index (χ4v) is 3.30. The molecule has 0 radical (unpaired) electrons. The van der Waals surface area contributed by atoms with E-state index in [-0.39, 0.29) is 6.10 Å². The molecule has 1 aromatic carbocycles. The van der Waals surface area contributed by atoms with Crippen LogP contribution in [-0.2, 0) is 7.05 Å². The molecule has 1 aliphatic rings. The van der Waals surface area contributed by atoms with Crippen LogP contribution in [0.5, 0.6) is 28.9 Å². The van der Waals surface area contributed by atoms with Crippen molar-refractivity contribution in [2.45, 2.75) is 6.10 Å². The van der Waals surface area contributed by atoms with Crippen molar-refractivity contribution in [1.82, 2.24) is 19.7 Å². The Hall–Kier alpha value is -4.07. The highest BCUT2D eigenvalue weighted by Gasteiger charge is 2.24. The summed E-state index contributed by atoms with van der Waals surface area (Å²) in [5, 5.41) is 4.18. The van der Waals surface area contributed by atoms with E-state index in [0.717, 1.165) is 22.6 Å². The third-order valence-electron chi connectivity index (χ3n) is 4.89. The van der Waals surface area contributed by atoms with Crippen LogP contribution in [0.15, 0.2) is 67.3 Å². The highest BCUT2D eigenvalue weighted by Crippen LogP contribution is 2.38. The smallest absolute Gasteiger partial charge is 0.258 e. The second-order valence-corrected chi connectivity index (χ2v) is 7.05. The minimum Gasteiger partial charge on any atom is -0.497 e. The standard InChI is InChI=1S/C23H20N4O4/c1-27-13-16(11-26-27)20-9-18(7-8-24-20)30-19-10-21-23(25-12-19)31-22(14-29-21)15-3-5-17(28-2)6-4-15/h3-13,22H,14H2,1-2H3/t22-/m0/s1. The normalized spacial score (nSPS) is 14.8. The summed E-state index contributed by atoms with van der Waals surface area (Å²) in [4.78, 5) is 8.76. The zero-order valence-electron chi connectivity index (χ0n) is 17.1. The van der Waals surface area contributed by atoms with Gasteiger partial charge in [0.25, 0.3) is 5.88 Å². The predicted octanol–water partition coefficient (Wildman–Crippen LogP) is 4.19. The second kappa shape index (κ2) is 7.98. The lowest BCUT2D eigenvalue weighted by Crippen LogP contribution is -2.22. The maximum atomic E-state index is 6.02. The van der Waals surface area contributed by atoms with Crippen molar-refractivity contribution in [1.29, 1.82) is 0 Å². The zero-order chi connectivity index (χ0) is 21.2. The third kappa shape index (κ3) is 4.00. The molecule has 8 heteroatoms. The first-order valence-electron chi connectivity index (χ1n) is 9.74. The molecule has 0 saturated carbocycles. The van der Waals surface area contributed by atoms with E-state index in [1.807, 2.05) is 43.6 Å². The van der Waals surface area contributed by atoms with Crippen molar-refractivity contribution in [3.8, 4) is 40.1 Å². The lowest BCUT2D eigenvalue weighted by molar-refractivity contribution is 0.0846. The lowest BCUT2D eigenvalue weighted by Gasteiger charge is -2.26. The van der Waals surface area contributed by atoms with Crippen molar-refractivity contribution < 1.29 is 18.9 Å². The molecule has 5 rings (SSSR count). The maximum Gasteiger partial charge on any atom is 0.258 e. The highest BCUT2D eigenvalue weighted by molar-refractivity contribution is 5.59. The molecule has 0 N–H and O–H groups in total. The van der Waals surface area contributed by atoms with E-state index < -0.39 is 0 Å². The van der Waals surface area contributed by atoms with Crippen LogP contribution in [0.25, 0.3) is 11.3 Å². The molecular formula is C23H20N4O4. The molecule has 0 amide bonds. The Labute approximate surface area is 179 Å². The van der Waals surface area contributed by atoms with Crippen molar-refractivity contribution in [3.63, 3.8) is 0 Å². The Bertz CT molecular complexity index is 1210. The van der Waals surface area contributed by atoms with Crippen LogP contribution in [0.1, 0.15) is 11.7 Å². The van der Waals surface area contributed by atoms with Gasteiger partial charge in [-0.05, 0) is 23.8 Å². The number of aryl methyl sites for hydroxylation is 1. The molecule has 0 aliphatic carbocycles. The minimum absolute atomic E-state index is 0.236. The molecule has 3 aromatic heterocycles. The number of nitrogens with zero attached hydrogens (tertiary/aromatic N) is 4. The van der Waals surface area contributed by atoms with Gasteiger partial charge in [0.05, 0.1) is 25.2 Å². The molecule has 0 saturated heterocycles. The Balaban J connectivity index is 1.31. The van der Waals surface area contributed by atoms with Crippen LogP contribution in [0.4, 0.5) is 0 Å². The molecule has 1 aliphatic heterocycles. The van der Waals surface area contributed by atoms with Crippen LogP contribution in [0.2, 0.25) is 0 Å². The van der Waals surface area contributed by atoms with Crippen molar-refractivity contribution in [3.05, 3.63) is 72.8 Å². The fraction of sp³-hybridized carbons (Fsp3) is 0.174. The van der Waals surface area contributed by atoms with E-state index in [4.69, 9.17) is 18.9 Å². The van der Waals surface area contributed by atoms with E-state index in [2.05, 4.69) is 15.1 Å². The molecule has 156 valence electrons. The number of hydrogen-bond acceptors (Lipinski definition) is 7. The molecule has 4 heterocycles. The molecule has 31 heavy (non-hydrogen) atoms. The van der Waals surface area contributed by atoms with Crippen LogP contribution in [-0.4, -0.2) is 33.5 Å². The average Bonchev–Trinajstić information content (AvgIpc) is 3.25. The summed E-state index contributed by atoms with van der Waals surface area (Å²) in [5.74, 6) is 2.97. The summed E-state index contributed by atoms with van der Waals surface area (Å²) in [6.07, 6.45) is 6.74.